The molecule has 0 saturated carbocycles. The predicted molar refractivity (Wildman–Crippen MR) is 69.1 cm³/mol. The van der Waals surface area contributed by atoms with Gasteiger partial charge in [-0.15, -0.1) is 0 Å². The summed E-state index contributed by atoms with van der Waals surface area (Å²) in [4.78, 5) is 18.3. The number of aliphatic hydroxyl groups is 1. The van der Waals surface area contributed by atoms with E-state index < -0.39 is 0 Å². The van der Waals surface area contributed by atoms with E-state index in [1.165, 1.54) is 0 Å². The Morgan fingerprint density at radius 1 is 1.50 bits per heavy atom. The van der Waals surface area contributed by atoms with Crippen LogP contribution in [0.4, 0.5) is 0 Å². The number of aliphatic hydroxyl groups excluding tert-OH is 1. The van der Waals surface area contributed by atoms with Gasteiger partial charge < -0.3 is 10.0 Å². The van der Waals surface area contributed by atoms with Crippen molar-refractivity contribution in [2.24, 2.45) is 0 Å². The van der Waals surface area contributed by atoms with Gasteiger partial charge in [-0.05, 0) is 37.8 Å². The van der Waals surface area contributed by atoms with E-state index in [9.17, 15) is 9.90 Å². The number of nitrogens with zero attached hydrogens (tertiary/aromatic N) is 2. The summed E-state index contributed by atoms with van der Waals surface area (Å²) >= 11 is 0. The minimum atomic E-state index is -0.251. The maximum atomic E-state index is 12.2. The van der Waals surface area contributed by atoms with Crippen molar-refractivity contribution in [1.29, 1.82) is 0 Å². The maximum Gasteiger partial charge on any atom is 0.228 e. The Balaban J connectivity index is 1.97. The van der Waals surface area contributed by atoms with Gasteiger partial charge in [-0.25, -0.2) is 0 Å². The second-order valence-corrected chi connectivity index (χ2v) is 4.91. The van der Waals surface area contributed by atoms with Crippen molar-refractivity contribution in [3.8, 4) is 0 Å². The van der Waals surface area contributed by atoms with Gasteiger partial charge >= 0.3 is 0 Å². The molecule has 1 atom stereocenters. The van der Waals surface area contributed by atoms with E-state index in [2.05, 4.69) is 4.98 Å². The second kappa shape index (κ2) is 5.96. The maximum absolute atomic E-state index is 12.2. The first-order valence-corrected chi connectivity index (χ1v) is 6.53. The van der Waals surface area contributed by atoms with Gasteiger partial charge in [0.05, 0.1) is 18.2 Å². The Morgan fingerprint density at radius 3 is 3.11 bits per heavy atom. The molecule has 1 aromatic heterocycles. The number of hydrogen-bond donors (Lipinski definition) is 1. The molecule has 4 nitrogen and oxygen atoms in total. The molecular formula is C14H20N2O2. The van der Waals surface area contributed by atoms with Crippen LogP contribution in [0.2, 0.25) is 0 Å². The Hall–Kier alpha value is -1.42. The lowest BCUT2D eigenvalue weighted by Gasteiger charge is -2.20. The summed E-state index contributed by atoms with van der Waals surface area (Å²) in [5.41, 5.74) is 1.91. The number of aryl methyl sites for hydroxylation is 1. The van der Waals surface area contributed by atoms with Crippen molar-refractivity contribution in [3.63, 3.8) is 0 Å². The molecule has 2 heterocycles. The Morgan fingerprint density at radius 2 is 2.33 bits per heavy atom. The van der Waals surface area contributed by atoms with Crippen LogP contribution in [0.25, 0.3) is 0 Å². The van der Waals surface area contributed by atoms with Crippen LogP contribution in [0.15, 0.2) is 18.3 Å². The van der Waals surface area contributed by atoms with Crippen LogP contribution >= 0.6 is 0 Å². The monoisotopic (exact) mass is 248 g/mol. The molecule has 1 aliphatic heterocycles. The molecule has 2 rings (SSSR count). The fourth-order valence-electron chi connectivity index (χ4n) is 2.29. The highest BCUT2D eigenvalue weighted by atomic mass is 16.3. The Bertz CT molecular complexity index is 420. The molecule has 1 amide bonds. The van der Waals surface area contributed by atoms with Crippen molar-refractivity contribution >= 4 is 5.91 Å². The fraction of sp³-hybridized carbons (Fsp3) is 0.571. The van der Waals surface area contributed by atoms with Gasteiger partial charge in [-0.3, -0.25) is 9.78 Å². The zero-order valence-electron chi connectivity index (χ0n) is 10.8. The van der Waals surface area contributed by atoms with E-state index in [1.807, 2.05) is 24.0 Å². The lowest BCUT2D eigenvalue weighted by Crippen LogP contribution is -2.33. The zero-order chi connectivity index (χ0) is 13.0. The number of pyridine rings is 1. The smallest absolute Gasteiger partial charge is 0.228 e. The average molecular weight is 248 g/mol. The van der Waals surface area contributed by atoms with Crippen molar-refractivity contribution in [2.75, 3.05) is 13.1 Å². The van der Waals surface area contributed by atoms with E-state index in [0.717, 1.165) is 30.6 Å². The molecule has 0 aromatic carbocycles. The number of carbonyl (C=O) groups is 1. The normalized spacial score (nSPS) is 20.6. The summed E-state index contributed by atoms with van der Waals surface area (Å²) in [6.45, 7) is 3.38. The van der Waals surface area contributed by atoms with E-state index >= 15 is 0 Å². The molecule has 1 fully saturated rings. The predicted octanol–water partition coefficient (Wildman–Crippen LogP) is 1.31. The van der Waals surface area contributed by atoms with Crippen LogP contribution in [0.5, 0.6) is 0 Å². The highest BCUT2D eigenvalue weighted by Gasteiger charge is 2.20. The van der Waals surface area contributed by atoms with Crippen molar-refractivity contribution in [3.05, 3.63) is 29.6 Å². The summed E-state index contributed by atoms with van der Waals surface area (Å²) in [6.07, 6.45) is 4.21. The third-order valence-electron chi connectivity index (χ3n) is 3.49. The molecule has 0 unspecified atom stereocenters. The first-order valence-electron chi connectivity index (χ1n) is 6.53. The third kappa shape index (κ3) is 3.29. The molecule has 1 saturated heterocycles. The highest BCUT2D eigenvalue weighted by Crippen LogP contribution is 2.13. The summed E-state index contributed by atoms with van der Waals surface area (Å²) < 4.78 is 0. The Labute approximate surface area is 108 Å². The van der Waals surface area contributed by atoms with Crippen LogP contribution in [-0.4, -0.2) is 40.1 Å². The largest absolute Gasteiger partial charge is 0.393 e. The minimum absolute atomic E-state index is 0.117. The quantitative estimate of drug-likeness (QED) is 0.858. The molecule has 4 heteroatoms. The summed E-state index contributed by atoms with van der Waals surface area (Å²) in [6, 6.07) is 3.85. The van der Waals surface area contributed by atoms with Crippen LogP contribution in [0.1, 0.15) is 30.5 Å². The molecule has 0 bridgehead atoms. The van der Waals surface area contributed by atoms with Gasteiger partial charge in [0.1, 0.15) is 0 Å². The minimum Gasteiger partial charge on any atom is -0.393 e. The van der Waals surface area contributed by atoms with Crippen LogP contribution in [0.3, 0.4) is 0 Å². The van der Waals surface area contributed by atoms with Gasteiger partial charge in [0.2, 0.25) is 5.91 Å². The molecule has 0 radical (unpaired) electrons. The second-order valence-electron chi connectivity index (χ2n) is 4.91. The van der Waals surface area contributed by atoms with Crippen LogP contribution in [-0.2, 0) is 11.2 Å². The molecular weight excluding hydrogens is 228 g/mol. The lowest BCUT2D eigenvalue weighted by molar-refractivity contribution is -0.130. The first kappa shape index (κ1) is 13.0. The molecule has 0 spiro atoms. The van der Waals surface area contributed by atoms with Crippen LogP contribution in [0, 0.1) is 6.92 Å². The lowest BCUT2D eigenvalue weighted by atomic mass is 10.1. The van der Waals surface area contributed by atoms with E-state index in [4.69, 9.17) is 0 Å². The van der Waals surface area contributed by atoms with Gasteiger partial charge in [0.15, 0.2) is 0 Å². The van der Waals surface area contributed by atoms with Gasteiger partial charge in [-0.1, -0.05) is 6.07 Å². The average Bonchev–Trinajstić information content (AvgIpc) is 2.57. The number of amides is 1. The van der Waals surface area contributed by atoms with Crippen molar-refractivity contribution in [2.45, 2.75) is 38.7 Å². The molecule has 0 aliphatic carbocycles. The summed E-state index contributed by atoms with van der Waals surface area (Å²) in [5, 5.41) is 9.57. The molecule has 1 N–H and O–H groups in total. The standard InChI is InChI=1S/C14H20N2O2/c1-11-4-2-7-15-13(11)10-14(18)16-8-3-5-12(17)6-9-16/h2,4,7,12,17H,3,5-6,8-10H2,1H3/t12-/m0/s1. The van der Waals surface area contributed by atoms with Gasteiger partial charge in [-0.2, -0.15) is 0 Å². The third-order valence-corrected chi connectivity index (χ3v) is 3.49. The molecule has 1 aliphatic rings. The topological polar surface area (TPSA) is 53.4 Å². The number of hydrogen-bond acceptors (Lipinski definition) is 3. The molecule has 1 aromatic rings. The number of aromatic nitrogens is 1. The van der Waals surface area contributed by atoms with E-state index in [-0.39, 0.29) is 12.0 Å². The SMILES string of the molecule is Cc1cccnc1CC(=O)N1CCC[C@H](O)CC1. The van der Waals surface area contributed by atoms with Gasteiger partial charge in [0, 0.05) is 19.3 Å². The molecule has 98 valence electrons. The Kier molecular flexibility index (Phi) is 4.31. The number of likely N-dealkylation sites (tertiary alicyclic amines) is 1. The first-order chi connectivity index (χ1) is 8.66. The highest BCUT2D eigenvalue weighted by molar-refractivity contribution is 5.78. The van der Waals surface area contributed by atoms with Gasteiger partial charge in [0.25, 0.3) is 0 Å². The van der Waals surface area contributed by atoms with Crippen molar-refractivity contribution < 1.29 is 9.90 Å². The van der Waals surface area contributed by atoms with E-state index in [1.54, 1.807) is 6.20 Å². The number of rotatable bonds is 2. The van der Waals surface area contributed by atoms with Crippen LogP contribution < -0.4 is 0 Å². The zero-order valence-corrected chi connectivity index (χ0v) is 10.8. The van der Waals surface area contributed by atoms with Crippen molar-refractivity contribution in [1.82, 2.24) is 9.88 Å². The number of carbonyl (C=O) groups excluding carboxylic acids is 1. The fourth-order valence-corrected chi connectivity index (χ4v) is 2.29. The summed E-state index contributed by atoms with van der Waals surface area (Å²) in [5.74, 6) is 0.117. The molecule has 18 heavy (non-hydrogen) atoms. The van der Waals surface area contributed by atoms with E-state index in [0.29, 0.717) is 19.4 Å². The summed E-state index contributed by atoms with van der Waals surface area (Å²) in [7, 11) is 0.